The van der Waals surface area contributed by atoms with Crippen molar-refractivity contribution in [3.05, 3.63) is 41.7 Å². The average Bonchev–Trinajstić information content (AvgIpc) is 2.45. The molecule has 0 saturated carbocycles. The molecule has 1 aromatic rings. The van der Waals surface area contributed by atoms with Gasteiger partial charge in [0, 0.05) is 5.69 Å². The molecule has 1 fully saturated rings. The molecular weight excluding hydrogens is 290 g/mol. The number of amides is 1. The molecule has 108 valence electrons. The number of rotatable bonds is 5. The highest BCUT2D eigenvalue weighted by Crippen LogP contribution is 2.55. The number of thioether (sulfide) groups is 2. The number of β-lactam (4-membered cyclic amide) rings is 1. The van der Waals surface area contributed by atoms with Crippen molar-refractivity contribution in [1.29, 1.82) is 0 Å². The standard InChI is InChI=1S/C15H19NO2S2/c1-5-18-11(2)13-14(17)16(15(13,19-3)20-4)12-9-7-6-8-10-12/h6-10H,5H2,1-4H3/b13-11+. The second-order valence-electron chi connectivity index (χ2n) is 4.33. The Kier molecular flexibility index (Phi) is 4.70. The van der Waals surface area contributed by atoms with Crippen LogP contribution >= 0.6 is 23.5 Å². The third-order valence-electron chi connectivity index (χ3n) is 3.31. The van der Waals surface area contributed by atoms with Gasteiger partial charge in [0.15, 0.2) is 4.20 Å². The Morgan fingerprint density at radius 1 is 1.25 bits per heavy atom. The first-order valence-electron chi connectivity index (χ1n) is 6.46. The Morgan fingerprint density at radius 2 is 1.85 bits per heavy atom. The topological polar surface area (TPSA) is 29.5 Å². The molecule has 1 aromatic carbocycles. The van der Waals surface area contributed by atoms with E-state index in [1.54, 1.807) is 23.5 Å². The Bertz CT molecular complexity index is 524. The van der Waals surface area contributed by atoms with E-state index >= 15 is 0 Å². The molecule has 0 bridgehead atoms. The monoisotopic (exact) mass is 309 g/mol. The molecule has 3 nitrogen and oxygen atoms in total. The van der Waals surface area contributed by atoms with E-state index in [-0.39, 0.29) is 5.91 Å². The van der Waals surface area contributed by atoms with Crippen LogP contribution in [-0.4, -0.2) is 29.2 Å². The van der Waals surface area contributed by atoms with E-state index in [1.165, 1.54) is 0 Å². The molecule has 0 aliphatic carbocycles. The predicted molar refractivity (Wildman–Crippen MR) is 88.0 cm³/mol. The van der Waals surface area contributed by atoms with Gasteiger partial charge in [0.25, 0.3) is 5.91 Å². The minimum atomic E-state index is -0.391. The van der Waals surface area contributed by atoms with Gasteiger partial charge in [-0.15, -0.1) is 23.5 Å². The second-order valence-corrected chi connectivity index (χ2v) is 6.59. The van der Waals surface area contributed by atoms with Gasteiger partial charge in [0.2, 0.25) is 0 Å². The number of carbonyl (C=O) groups excluding carboxylic acids is 1. The van der Waals surface area contributed by atoms with E-state index in [1.807, 2.05) is 61.6 Å². The van der Waals surface area contributed by atoms with Gasteiger partial charge in [-0.25, -0.2) is 0 Å². The van der Waals surface area contributed by atoms with E-state index < -0.39 is 4.20 Å². The number of allylic oxidation sites excluding steroid dienone is 1. The van der Waals surface area contributed by atoms with Gasteiger partial charge in [-0.1, -0.05) is 18.2 Å². The summed E-state index contributed by atoms with van der Waals surface area (Å²) >= 11 is 3.32. The summed E-state index contributed by atoms with van der Waals surface area (Å²) in [5.74, 6) is 0.763. The quantitative estimate of drug-likeness (QED) is 0.359. The molecule has 1 aliphatic heterocycles. The van der Waals surface area contributed by atoms with Gasteiger partial charge in [-0.3, -0.25) is 9.69 Å². The lowest BCUT2D eigenvalue weighted by molar-refractivity contribution is -0.118. The molecular formula is C15H19NO2S2. The maximum Gasteiger partial charge on any atom is 0.263 e. The fraction of sp³-hybridized carbons (Fsp3) is 0.400. The Labute approximate surface area is 128 Å². The first kappa shape index (κ1) is 15.3. The van der Waals surface area contributed by atoms with Crippen molar-refractivity contribution in [3.8, 4) is 0 Å². The van der Waals surface area contributed by atoms with Crippen molar-refractivity contribution in [2.45, 2.75) is 18.1 Å². The zero-order valence-electron chi connectivity index (χ0n) is 12.2. The summed E-state index contributed by atoms with van der Waals surface area (Å²) < 4.78 is 5.17. The minimum absolute atomic E-state index is 0.0332. The number of para-hydroxylation sites is 1. The molecule has 1 amide bonds. The largest absolute Gasteiger partial charge is 0.498 e. The van der Waals surface area contributed by atoms with Crippen molar-refractivity contribution in [2.24, 2.45) is 0 Å². The number of nitrogens with zero attached hydrogens (tertiary/aromatic N) is 1. The molecule has 2 rings (SSSR count). The van der Waals surface area contributed by atoms with Crippen LogP contribution in [0.15, 0.2) is 41.7 Å². The summed E-state index contributed by atoms with van der Waals surface area (Å²) in [5, 5.41) is 0. The summed E-state index contributed by atoms with van der Waals surface area (Å²) in [5.41, 5.74) is 1.69. The van der Waals surface area contributed by atoms with Crippen molar-refractivity contribution < 1.29 is 9.53 Å². The van der Waals surface area contributed by atoms with E-state index in [2.05, 4.69) is 0 Å². The fourth-order valence-corrected chi connectivity index (χ4v) is 4.71. The molecule has 0 aromatic heterocycles. The van der Waals surface area contributed by atoms with E-state index in [9.17, 15) is 4.79 Å². The van der Waals surface area contributed by atoms with Crippen LogP contribution in [0.2, 0.25) is 0 Å². The van der Waals surface area contributed by atoms with Crippen molar-refractivity contribution >= 4 is 35.1 Å². The minimum Gasteiger partial charge on any atom is -0.498 e. The lowest BCUT2D eigenvalue weighted by Gasteiger charge is -2.51. The van der Waals surface area contributed by atoms with Crippen molar-refractivity contribution in [3.63, 3.8) is 0 Å². The van der Waals surface area contributed by atoms with Crippen LogP contribution in [0.3, 0.4) is 0 Å². The number of anilines is 1. The summed E-state index contributed by atoms with van der Waals surface area (Å²) in [6.07, 6.45) is 4.05. The van der Waals surface area contributed by atoms with Crippen molar-refractivity contribution in [2.75, 3.05) is 24.0 Å². The van der Waals surface area contributed by atoms with E-state index in [0.717, 1.165) is 17.0 Å². The average molecular weight is 309 g/mol. The van der Waals surface area contributed by atoms with Crippen LogP contribution in [-0.2, 0) is 9.53 Å². The fourth-order valence-electron chi connectivity index (χ4n) is 2.44. The second kappa shape index (κ2) is 6.14. The predicted octanol–water partition coefficient (Wildman–Crippen LogP) is 3.72. The first-order chi connectivity index (χ1) is 9.62. The molecule has 0 spiro atoms. The van der Waals surface area contributed by atoms with Gasteiger partial charge in [0.05, 0.1) is 6.61 Å². The normalized spacial score (nSPS) is 19.6. The molecule has 1 heterocycles. The maximum absolute atomic E-state index is 12.6. The summed E-state index contributed by atoms with van der Waals surface area (Å²) in [6, 6.07) is 9.78. The van der Waals surface area contributed by atoms with Gasteiger partial charge < -0.3 is 4.74 Å². The highest BCUT2D eigenvalue weighted by Gasteiger charge is 2.58. The van der Waals surface area contributed by atoms with Crippen LogP contribution in [0.25, 0.3) is 0 Å². The Morgan fingerprint density at radius 3 is 2.35 bits per heavy atom. The van der Waals surface area contributed by atoms with Crippen LogP contribution in [0, 0.1) is 0 Å². The highest BCUT2D eigenvalue weighted by atomic mass is 32.2. The third-order valence-corrected chi connectivity index (χ3v) is 6.19. The lowest BCUT2D eigenvalue weighted by atomic mass is 10.0. The van der Waals surface area contributed by atoms with Crippen LogP contribution < -0.4 is 4.90 Å². The molecule has 0 unspecified atom stereocenters. The number of carbonyl (C=O) groups is 1. The van der Waals surface area contributed by atoms with E-state index in [0.29, 0.717) is 6.61 Å². The molecule has 0 atom stereocenters. The zero-order chi connectivity index (χ0) is 14.8. The van der Waals surface area contributed by atoms with Gasteiger partial charge in [0.1, 0.15) is 11.3 Å². The maximum atomic E-state index is 12.6. The first-order valence-corrected chi connectivity index (χ1v) is 8.91. The van der Waals surface area contributed by atoms with Gasteiger partial charge >= 0.3 is 0 Å². The zero-order valence-corrected chi connectivity index (χ0v) is 13.8. The van der Waals surface area contributed by atoms with Crippen molar-refractivity contribution in [1.82, 2.24) is 0 Å². The SMILES string of the molecule is CCO/C(C)=C1\C(=O)N(c2ccccc2)C1(SC)SC. The third kappa shape index (κ3) is 2.23. The van der Waals surface area contributed by atoms with Gasteiger partial charge in [-0.2, -0.15) is 0 Å². The Balaban J connectivity index is 2.47. The molecule has 20 heavy (non-hydrogen) atoms. The molecule has 1 saturated heterocycles. The molecule has 0 N–H and O–H groups in total. The molecule has 0 radical (unpaired) electrons. The number of ether oxygens (including phenoxy) is 1. The number of hydrogen-bond donors (Lipinski definition) is 0. The summed E-state index contributed by atoms with van der Waals surface area (Å²) in [6.45, 7) is 4.38. The van der Waals surface area contributed by atoms with Crippen LogP contribution in [0.1, 0.15) is 13.8 Å². The molecule has 1 aliphatic rings. The highest BCUT2D eigenvalue weighted by molar-refractivity contribution is 8.18. The number of benzene rings is 1. The van der Waals surface area contributed by atoms with Crippen LogP contribution in [0.4, 0.5) is 5.69 Å². The molecule has 5 heteroatoms. The Hall–Kier alpha value is -1.07. The summed E-state index contributed by atoms with van der Waals surface area (Å²) in [7, 11) is 0. The number of hydrogen-bond acceptors (Lipinski definition) is 4. The van der Waals surface area contributed by atoms with Crippen LogP contribution in [0.5, 0.6) is 0 Å². The smallest absolute Gasteiger partial charge is 0.263 e. The van der Waals surface area contributed by atoms with Gasteiger partial charge in [-0.05, 0) is 38.5 Å². The summed E-state index contributed by atoms with van der Waals surface area (Å²) in [4.78, 5) is 14.4. The lowest BCUT2D eigenvalue weighted by Crippen LogP contribution is -2.62. The van der Waals surface area contributed by atoms with E-state index in [4.69, 9.17) is 4.74 Å².